The zero-order valence-corrected chi connectivity index (χ0v) is 30.1. The summed E-state index contributed by atoms with van der Waals surface area (Å²) in [5.41, 5.74) is -0.150. The lowest BCUT2D eigenvalue weighted by Crippen LogP contribution is -2.44. The summed E-state index contributed by atoms with van der Waals surface area (Å²) in [7, 11) is 0. The molecule has 0 aromatic heterocycles. The quantitative estimate of drug-likeness (QED) is 0.272. The van der Waals surface area contributed by atoms with Crippen molar-refractivity contribution >= 4 is 11.9 Å². The van der Waals surface area contributed by atoms with Gasteiger partial charge in [-0.05, 0) is 162 Å². The van der Waals surface area contributed by atoms with Gasteiger partial charge in [-0.2, -0.15) is 0 Å². The minimum absolute atomic E-state index is 0.0752. The molecule has 0 radical (unpaired) electrons. The van der Waals surface area contributed by atoms with Crippen LogP contribution in [0.4, 0.5) is 0 Å². The van der Waals surface area contributed by atoms with Gasteiger partial charge in [0.25, 0.3) is 0 Å². The van der Waals surface area contributed by atoms with E-state index in [0.717, 1.165) is 62.2 Å². The minimum atomic E-state index is -0.0752. The van der Waals surface area contributed by atoms with Crippen LogP contribution in [0.15, 0.2) is 0 Å². The Labute approximate surface area is 281 Å². The van der Waals surface area contributed by atoms with Crippen LogP contribution in [-0.2, 0) is 19.1 Å². The number of rotatable bonds is 6. The van der Waals surface area contributed by atoms with Crippen LogP contribution in [0.25, 0.3) is 0 Å². The van der Waals surface area contributed by atoms with Gasteiger partial charge < -0.3 is 9.47 Å². The lowest BCUT2D eigenvalue weighted by Gasteiger charge is -2.41. The molecule has 4 bridgehead atoms. The fourth-order valence-electron chi connectivity index (χ4n) is 13.4. The maximum atomic E-state index is 13.1. The number of carbonyl (C=O) groups excluding carboxylic acids is 2. The van der Waals surface area contributed by atoms with Crippen molar-refractivity contribution in [1.82, 2.24) is 0 Å². The van der Waals surface area contributed by atoms with E-state index in [1.807, 2.05) is 0 Å². The summed E-state index contributed by atoms with van der Waals surface area (Å²) < 4.78 is 12.8. The molecule has 260 valence electrons. The van der Waals surface area contributed by atoms with Crippen LogP contribution in [0.1, 0.15) is 169 Å². The highest BCUT2D eigenvalue weighted by Gasteiger charge is 2.55. The molecule has 10 atom stereocenters. The number of fused-ring (bicyclic) bond motifs is 4. The van der Waals surface area contributed by atoms with E-state index in [9.17, 15) is 9.59 Å². The molecule has 8 fully saturated rings. The van der Waals surface area contributed by atoms with E-state index in [-0.39, 0.29) is 35.0 Å². The molecule has 0 aromatic carbocycles. The van der Waals surface area contributed by atoms with E-state index in [2.05, 4.69) is 27.7 Å². The second-order valence-corrected chi connectivity index (χ2v) is 18.5. The van der Waals surface area contributed by atoms with Gasteiger partial charge in [0.1, 0.15) is 11.2 Å². The van der Waals surface area contributed by atoms with Gasteiger partial charge in [-0.25, -0.2) is 0 Å². The summed E-state index contributed by atoms with van der Waals surface area (Å²) in [6.07, 6.45) is 27.6. The van der Waals surface area contributed by atoms with Crippen molar-refractivity contribution in [3.63, 3.8) is 0 Å². The Morgan fingerprint density at radius 1 is 0.457 bits per heavy atom. The second-order valence-electron chi connectivity index (χ2n) is 18.5. The first kappa shape index (κ1) is 33.4. The lowest BCUT2D eigenvalue weighted by atomic mass is 9.74. The van der Waals surface area contributed by atoms with E-state index in [1.165, 1.54) is 103 Å². The fourth-order valence-corrected chi connectivity index (χ4v) is 13.4. The summed E-state index contributed by atoms with van der Waals surface area (Å²) in [4.78, 5) is 26.1. The Kier molecular flexibility index (Phi) is 9.95. The first-order chi connectivity index (χ1) is 22.2. The van der Waals surface area contributed by atoms with Crippen molar-refractivity contribution < 1.29 is 19.1 Å². The summed E-state index contributed by atoms with van der Waals surface area (Å²) in [6, 6.07) is 0. The van der Waals surface area contributed by atoms with Crippen LogP contribution in [0, 0.1) is 71.0 Å². The molecule has 0 aliphatic heterocycles. The number of hydrogen-bond donors (Lipinski definition) is 0. The van der Waals surface area contributed by atoms with Gasteiger partial charge in [-0.3, -0.25) is 9.59 Å². The van der Waals surface area contributed by atoms with Gasteiger partial charge in [0.05, 0.1) is 11.8 Å². The van der Waals surface area contributed by atoms with Gasteiger partial charge in [0.2, 0.25) is 0 Å². The predicted octanol–water partition coefficient (Wildman–Crippen LogP) is 10.7. The van der Waals surface area contributed by atoms with Gasteiger partial charge >= 0.3 is 11.9 Å². The summed E-state index contributed by atoms with van der Waals surface area (Å²) >= 11 is 0. The average molecular weight is 637 g/mol. The SMILES string of the molecule is CC1C2CC(C(=O)OC3(C4CCCCC4)CCCC3)C(C2)C1C.CC1C2CC(C(=O)OC3(C4CCCCC4)CCCC3)C(C2)C1C. The highest BCUT2D eigenvalue weighted by molar-refractivity contribution is 5.74. The first-order valence-electron chi connectivity index (χ1n) is 20.7. The molecule has 8 rings (SSSR count). The second kappa shape index (κ2) is 13.7. The molecule has 8 aliphatic carbocycles. The minimum Gasteiger partial charge on any atom is -0.459 e. The highest BCUT2D eigenvalue weighted by Crippen LogP contribution is 2.57. The van der Waals surface area contributed by atoms with E-state index in [0.29, 0.717) is 35.5 Å². The van der Waals surface area contributed by atoms with Gasteiger partial charge in [0.15, 0.2) is 0 Å². The summed E-state index contributed by atoms with van der Waals surface area (Å²) in [5, 5.41) is 0. The van der Waals surface area contributed by atoms with Crippen LogP contribution in [0.3, 0.4) is 0 Å². The number of esters is 2. The van der Waals surface area contributed by atoms with Crippen molar-refractivity contribution in [1.29, 1.82) is 0 Å². The zero-order valence-electron chi connectivity index (χ0n) is 30.1. The van der Waals surface area contributed by atoms with Crippen LogP contribution in [0.5, 0.6) is 0 Å². The number of carbonyl (C=O) groups is 2. The maximum absolute atomic E-state index is 13.1. The van der Waals surface area contributed by atoms with Crippen LogP contribution in [0.2, 0.25) is 0 Å². The first-order valence-corrected chi connectivity index (χ1v) is 20.7. The monoisotopic (exact) mass is 637 g/mol. The average Bonchev–Trinajstić information content (AvgIpc) is 3.93. The lowest BCUT2D eigenvalue weighted by molar-refractivity contribution is -0.176. The van der Waals surface area contributed by atoms with Gasteiger partial charge in [0, 0.05) is 0 Å². The zero-order chi connectivity index (χ0) is 32.1. The molecular weight excluding hydrogens is 568 g/mol. The smallest absolute Gasteiger partial charge is 0.309 e. The third-order valence-corrected chi connectivity index (χ3v) is 16.6. The molecule has 0 aromatic rings. The third kappa shape index (κ3) is 6.14. The van der Waals surface area contributed by atoms with Crippen LogP contribution >= 0.6 is 0 Å². The van der Waals surface area contributed by atoms with Crippen molar-refractivity contribution in [2.24, 2.45) is 71.0 Å². The van der Waals surface area contributed by atoms with Crippen molar-refractivity contribution in [2.75, 3.05) is 0 Å². The number of ether oxygens (including phenoxy) is 2. The molecule has 46 heavy (non-hydrogen) atoms. The number of hydrogen-bond acceptors (Lipinski definition) is 4. The Hall–Kier alpha value is -1.06. The molecular formula is C42H68O4. The van der Waals surface area contributed by atoms with Gasteiger partial charge in [-0.1, -0.05) is 66.2 Å². The molecule has 8 aliphatic rings. The standard InChI is InChI=1S/2C21H34O2/c2*1-14-15(2)18-12-16(14)13-19(18)20(22)23-21(10-6-7-11-21)17-8-4-3-5-9-17/h2*14-19H,3-13H2,1-2H3. The van der Waals surface area contributed by atoms with E-state index < -0.39 is 0 Å². The predicted molar refractivity (Wildman–Crippen MR) is 184 cm³/mol. The molecule has 0 spiro atoms. The van der Waals surface area contributed by atoms with Crippen LogP contribution < -0.4 is 0 Å². The molecule has 0 saturated heterocycles. The fraction of sp³-hybridized carbons (Fsp3) is 0.952. The normalized spacial score (nSPS) is 43.0. The Bertz CT molecular complexity index is 970. The molecule has 8 saturated carbocycles. The topological polar surface area (TPSA) is 52.6 Å². The van der Waals surface area contributed by atoms with E-state index in [1.54, 1.807) is 0 Å². The van der Waals surface area contributed by atoms with Crippen LogP contribution in [-0.4, -0.2) is 23.1 Å². The van der Waals surface area contributed by atoms with Crippen molar-refractivity contribution in [2.45, 2.75) is 180 Å². The Morgan fingerprint density at radius 2 is 0.804 bits per heavy atom. The molecule has 10 unspecified atom stereocenters. The Balaban J connectivity index is 0.000000147. The van der Waals surface area contributed by atoms with Crippen molar-refractivity contribution in [3.05, 3.63) is 0 Å². The van der Waals surface area contributed by atoms with E-state index in [4.69, 9.17) is 9.47 Å². The van der Waals surface area contributed by atoms with E-state index >= 15 is 0 Å². The van der Waals surface area contributed by atoms with Crippen molar-refractivity contribution in [3.8, 4) is 0 Å². The Morgan fingerprint density at radius 3 is 1.11 bits per heavy atom. The summed E-state index contributed by atoms with van der Waals surface area (Å²) in [5.74, 6) is 7.90. The molecule has 0 amide bonds. The highest BCUT2D eigenvalue weighted by atomic mass is 16.6. The summed E-state index contributed by atoms with van der Waals surface area (Å²) in [6.45, 7) is 9.50. The third-order valence-electron chi connectivity index (χ3n) is 16.6. The largest absolute Gasteiger partial charge is 0.459 e. The molecule has 4 nitrogen and oxygen atoms in total. The maximum Gasteiger partial charge on any atom is 0.309 e. The molecule has 0 N–H and O–H groups in total. The molecule has 4 heteroatoms. The van der Waals surface area contributed by atoms with Gasteiger partial charge in [-0.15, -0.1) is 0 Å². The molecule has 0 heterocycles.